The zero-order valence-corrected chi connectivity index (χ0v) is 15.1. The van der Waals surface area contributed by atoms with Crippen LogP contribution in [0.2, 0.25) is 10.0 Å². The van der Waals surface area contributed by atoms with E-state index in [1.54, 1.807) is 0 Å². The lowest BCUT2D eigenvalue weighted by atomic mass is 10.2. The highest BCUT2D eigenvalue weighted by atomic mass is 35.5. The largest absolute Gasteiger partial charge is 0.478 e. The first-order valence-corrected chi connectivity index (χ1v) is 8.38. The number of carbonyl (C=O) groups excluding carboxylic acids is 2. The van der Waals surface area contributed by atoms with Gasteiger partial charge in [0.2, 0.25) is 0 Å². The maximum atomic E-state index is 12.7. The Kier molecular flexibility index (Phi) is 5.00. The van der Waals surface area contributed by atoms with Crippen molar-refractivity contribution in [3.8, 4) is 0 Å². The second-order valence-electron chi connectivity index (χ2n) is 5.29. The molecule has 1 aliphatic heterocycles. The standard InChI is InChI=1S/C17H9Cl3N2O4/c18-9-4-5-12(11(19)7-9)22-15(23)13(20)14(16(22)24)21-10-3-1-2-8(6-10)17(25)26/h1-7,13H,(H,25,26). The summed E-state index contributed by atoms with van der Waals surface area (Å²) >= 11 is 18.0. The molecule has 1 saturated heterocycles. The van der Waals surface area contributed by atoms with Crippen molar-refractivity contribution in [1.29, 1.82) is 0 Å². The van der Waals surface area contributed by atoms with E-state index in [1.807, 2.05) is 0 Å². The van der Waals surface area contributed by atoms with Crippen LogP contribution in [0.3, 0.4) is 0 Å². The van der Waals surface area contributed by atoms with Gasteiger partial charge in [-0.15, -0.1) is 11.6 Å². The highest BCUT2D eigenvalue weighted by molar-refractivity contribution is 6.69. The van der Waals surface area contributed by atoms with Crippen LogP contribution in [0.25, 0.3) is 0 Å². The van der Waals surface area contributed by atoms with Crippen LogP contribution in [0.4, 0.5) is 11.4 Å². The van der Waals surface area contributed by atoms with Crippen molar-refractivity contribution in [2.75, 3.05) is 4.90 Å². The smallest absolute Gasteiger partial charge is 0.335 e. The summed E-state index contributed by atoms with van der Waals surface area (Å²) in [4.78, 5) is 41.1. The van der Waals surface area contributed by atoms with E-state index < -0.39 is 23.2 Å². The molecule has 1 aliphatic rings. The lowest BCUT2D eigenvalue weighted by Crippen LogP contribution is -2.31. The third-order valence-electron chi connectivity index (χ3n) is 3.59. The number of carboxylic acids is 1. The number of rotatable bonds is 3. The average Bonchev–Trinajstić information content (AvgIpc) is 2.79. The third kappa shape index (κ3) is 3.31. The number of hydrogen-bond donors (Lipinski definition) is 1. The van der Waals surface area contributed by atoms with E-state index in [0.29, 0.717) is 5.02 Å². The fourth-order valence-corrected chi connectivity index (χ4v) is 3.13. The Morgan fingerprint density at radius 3 is 2.50 bits per heavy atom. The van der Waals surface area contributed by atoms with Gasteiger partial charge in [-0.05, 0) is 36.4 Å². The van der Waals surface area contributed by atoms with Gasteiger partial charge < -0.3 is 5.11 Å². The molecule has 1 N–H and O–H groups in total. The van der Waals surface area contributed by atoms with E-state index in [2.05, 4.69) is 4.99 Å². The molecule has 1 atom stereocenters. The summed E-state index contributed by atoms with van der Waals surface area (Å²) in [5.74, 6) is -2.58. The minimum absolute atomic E-state index is 0.00709. The number of amides is 2. The van der Waals surface area contributed by atoms with Gasteiger partial charge in [0, 0.05) is 5.02 Å². The molecule has 26 heavy (non-hydrogen) atoms. The Morgan fingerprint density at radius 1 is 1.12 bits per heavy atom. The number of aliphatic imine (C=N–C) groups is 1. The lowest BCUT2D eigenvalue weighted by molar-refractivity contribution is -0.120. The van der Waals surface area contributed by atoms with Gasteiger partial charge in [-0.2, -0.15) is 0 Å². The normalized spacial score (nSPS) is 18.7. The summed E-state index contributed by atoms with van der Waals surface area (Å²) in [5, 5.41) is 8.17. The van der Waals surface area contributed by atoms with E-state index >= 15 is 0 Å². The number of hydrogen-bond acceptors (Lipinski definition) is 4. The molecule has 1 fully saturated rings. The molecule has 0 bridgehead atoms. The number of anilines is 1. The summed E-state index contributed by atoms with van der Waals surface area (Å²) in [6.07, 6.45) is 0. The molecule has 1 unspecified atom stereocenters. The molecule has 3 rings (SSSR count). The molecule has 0 spiro atoms. The summed E-state index contributed by atoms with van der Waals surface area (Å²) in [6.45, 7) is 0. The van der Waals surface area contributed by atoms with Crippen molar-refractivity contribution >= 4 is 69.7 Å². The van der Waals surface area contributed by atoms with Gasteiger partial charge in [-0.3, -0.25) is 9.59 Å². The van der Waals surface area contributed by atoms with Crippen LogP contribution in [-0.2, 0) is 9.59 Å². The van der Waals surface area contributed by atoms with Crippen molar-refractivity contribution in [1.82, 2.24) is 0 Å². The van der Waals surface area contributed by atoms with Gasteiger partial charge in [0.25, 0.3) is 11.8 Å². The fraction of sp³-hybridized carbons (Fsp3) is 0.0588. The van der Waals surface area contributed by atoms with Gasteiger partial charge in [0.05, 0.1) is 22.0 Å². The van der Waals surface area contributed by atoms with Crippen LogP contribution < -0.4 is 4.90 Å². The number of imide groups is 1. The lowest BCUT2D eigenvalue weighted by Gasteiger charge is -2.15. The number of carboxylic acid groups (broad SMARTS) is 1. The maximum Gasteiger partial charge on any atom is 0.335 e. The van der Waals surface area contributed by atoms with Crippen LogP contribution in [0.15, 0.2) is 47.5 Å². The number of benzene rings is 2. The SMILES string of the molecule is O=C(O)c1cccc(N=C2C(=O)N(c3ccc(Cl)cc3Cl)C(=O)C2Cl)c1. The monoisotopic (exact) mass is 410 g/mol. The van der Waals surface area contributed by atoms with E-state index in [9.17, 15) is 14.4 Å². The van der Waals surface area contributed by atoms with E-state index in [-0.39, 0.29) is 27.7 Å². The van der Waals surface area contributed by atoms with Crippen molar-refractivity contribution in [2.24, 2.45) is 4.99 Å². The van der Waals surface area contributed by atoms with Crippen LogP contribution in [0, 0.1) is 0 Å². The zero-order chi connectivity index (χ0) is 19.0. The molecule has 2 aromatic rings. The Morgan fingerprint density at radius 2 is 1.85 bits per heavy atom. The highest BCUT2D eigenvalue weighted by Crippen LogP contribution is 2.33. The highest BCUT2D eigenvalue weighted by Gasteiger charge is 2.45. The zero-order valence-electron chi connectivity index (χ0n) is 12.8. The van der Waals surface area contributed by atoms with Crippen LogP contribution in [-0.4, -0.2) is 34.0 Å². The van der Waals surface area contributed by atoms with E-state index in [0.717, 1.165) is 4.90 Å². The predicted molar refractivity (Wildman–Crippen MR) is 99.1 cm³/mol. The molecule has 0 saturated carbocycles. The van der Waals surface area contributed by atoms with Crippen molar-refractivity contribution in [3.63, 3.8) is 0 Å². The number of carbonyl (C=O) groups is 3. The van der Waals surface area contributed by atoms with Gasteiger partial charge in [-0.25, -0.2) is 14.7 Å². The summed E-state index contributed by atoms with van der Waals surface area (Å²) in [7, 11) is 0. The molecule has 6 nitrogen and oxygen atoms in total. The molecular formula is C17H9Cl3N2O4. The summed E-state index contributed by atoms with van der Waals surface area (Å²) in [5.41, 5.74) is 0.106. The van der Waals surface area contributed by atoms with Crippen molar-refractivity contribution in [2.45, 2.75) is 5.38 Å². The summed E-state index contributed by atoms with van der Waals surface area (Å²) in [6, 6.07) is 9.93. The van der Waals surface area contributed by atoms with Crippen molar-refractivity contribution in [3.05, 3.63) is 58.1 Å². The predicted octanol–water partition coefficient (Wildman–Crippen LogP) is 3.94. The molecular weight excluding hydrogens is 403 g/mol. The van der Waals surface area contributed by atoms with Gasteiger partial charge in [-0.1, -0.05) is 29.3 Å². The molecule has 1 heterocycles. The molecule has 2 aromatic carbocycles. The molecule has 0 aliphatic carbocycles. The molecule has 9 heteroatoms. The van der Waals surface area contributed by atoms with Gasteiger partial charge in [0.15, 0.2) is 5.38 Å². The quantitative estimate of drug-likeness (QED) is 0.612. The van der Waals surface area contributed by atoms with Gasteiger partial charge >= 0.3 is 5.97 Å². The van der Waals surface area contributed by atoms with E-state index in [1.165, 1.54) is 42.5 Å². The van der Waals surface area contributed by atoms with Crippen LogP contribution in [0.1, 0.15) is 10.4 Å². The second kappa shape index (κ2) is 7.07. The Balaban J connectivity index is 2.02. The molecule has 0 aromatic heterocycles. The average molecular weight is 412 g/mol. The van der Waals surface area contributed by atoms with Crippen LogP contribution in [0.5, 0.6) is 0 Å². The van der Waals surface area contributed by atoms with Gasteiger partial charge in [0.1, 0.15) is 5.71 Å². The Labute approximate surface area is 162 Å². The van der Waals surface area contributed by atoms with Crippen LogP contribution >= 0.6 is 34.8 Å². The first-order chi connectivity index (χ1) is 12.3. The first kappa shape index (κ1) is 18.4. The Bertz CT molecular complexity index is 974. The number of aromatic carboxylic acids is 1. The molecule has 0 radical (unpaired) electrons. The fourth-order valence-electron chi connectivity index (χ4n) is 2.40. The van der Waals surface area contributed by atoms with Crippen molar-refractivity contribution < 1.29 is 19.5 Å². The second-order valence-corrected chi connectivity index (χ2v) is 6.57. The minimum atomic E-state index is -1.32. The minimum Gasteiger partial charge on any atom is -0.478 e. The maximum absolute atomic E-state index is 12.7. The summed E-state index contributed by atoms with van der Waals surface area (Å²) < 4.78 is 0. The third-order valence-corrected chi connectivity index (χ3v) is 4.52. The van der Waals surface area contributed by atoms with E-state index in [4.69, 9.17) is 39.9 Å². The number of halogens is 3. The molecule has 2 amide bonds. The number of alkyl halides is 1. The Hall–Kier alpha value is -2.41. The number of nitrogens with zero attached hydrogens (tertiary/aromatic N) is 2. The first-order valence-electron chi connectivity index (χ1n) is 7.19. The molecule has 132 valence electrons. The topological polar surface area (TPSA) is 87.0 Å².